The highest BCUT2D eigenvalue weighted by molar-refractivity contribution is 7.89. The summed E-state index contributed by atoms with van der Waals surface area (Å²) in [5.74, 6) is -0.107. The monoisotopic (exact) mass is 160 g/mol. The summed E-state index contributed by atoms with van der Waals surface area (Å²) in [7, 11) is -3.36. The minimum atomic E-state index is -3.36. The van der Waals surface area contributed by atoms with Crippen molar-refractivity contribution >= 4 is 10.0 Å². The molecule has 10 heavy (non-hydrogen) atoms. The SMILES string of the molecule is N#C[C@H]1C[C@H]1CS(N)(=O)=O. The zero-order valence-electron chi connectivity index (χ0n) is 5.32. The lowest BCUT2D eigenvalue weighted by Gasteiger charge is -1.91. The van der Waals surface area contributed by atoms with Gasteiger partial charge >= 0.3 is 0 Å². The predicted molar refractivity (Wildman–Crippen MR) is 35.2 cm³/mol. The third kappa shape index (κ3) is 1.97. The van der Waals surface area contributed by atoms with Crippen molar-refractivity contribution in [1.82, 2.24) is 0 Å². The van der Waals surface area contributed by atoms with Gasteiger partial charge in [0.15, 0.2) is 0 Å². The van der Waals surface area contributed by atoms with Gasteiger partial charge in [-0.15, -0.1) is 0 Å². The molecule has 2 atom stereocenters. The van der Waals surface area contributed by atoms with Crippen LogP contribution >= 0.6 is 0 Å². The summed E-state index contributed by atoms with van der Waals surface area (Å²) in [5, 5.41) is 13.0. The van der Waals surface area contributed by atoms with Crippen LogP contribution in [0.3, 0.4) is 0 Å². The van der Waals surface area contributed by atoms with Crippen LogP contribution in [0.5, 0.6) is 0 Å². The molecule has 1 aliphatic rings. The maximum atomic E-state index is 10.4. The summed E-state index contributed by atoms with van der Waals surface area (Å²) >= 11 is 0. The van der Waals surface area contributed by atoms with Crippen molar-refractivity contribution in [3.05, 3.63) is 0 Å². The largest absolute Gasteiger partial charge is 0.229 e. The normalized spacial score (nSPS) is 31.2. The molecule has 1 aliphatic carbocycles. The second-order valence-electron chi connectivity index (χ2n) is 2.56. The molecule has 4 nitrogen and oxygen atoms in total. The van der Waals surface area contributed by atoms with Crippen LogP contribution in [0.2, 0.25) is 0 Å². The highest BCUT2D eigenvalue weighted by atomic mass is 32.2. The van der Waals surface area contributed by atoms with E-state index in [1.54, 1.807) is 0 Å². The Kier molecular flexibility index (Phi) is 1.67. The molecule has 0 aromatic carbocycles. The molecule has 0 aromatic heterocycles. The van der Waals surface area contributed by atoms with Gasteiger partial charge in [0, 0.05) is 0 Å². The van der Waals surface area contributed by atoms with Gasteiger partial charge in [0.25, 0.3) is 0 Å². The van der Waals surface area contributed by atoms with E-state index in [-0.39, 0.29) is 17.6 Å². The molecular weight excluding hydrogens is 152 g/mol. The molecule has 0 spiro atoms. The molecule has 56 valence electrons. The number of hydrogen-bond donors (Lipinski definition) is 1. The summed E-state index contributed by atoms with van der Waals surface area (Å²) in [5.41, 5.74) is 0. The molecule has 1 fully saturated rings. The van der Waals surface area contributed by atoms with Crippen molar-refractivity contribution in [2.24, 2.45) is 17.0 Å². The first-order valence-electron chi connectivity index (χ1n) is 2.93. The number of nitrogens with zero attached hydrogens (tertiary/aromatic N) is 1. The van der Waals surface area contributed by atoms with E-state index < -0.39 is 10.0 Å². The fourth-order valence-electron chi connectivity index (χ4n) is 0.888. The Hall–Kier alpha value is -0.600. The second kappa shape index (κ2) is 2.22. The molecule has 0 radical (unpaired) electrons. The minimum absolute atomic E-state index is 0.000000000000000444. The van der Waals surface area contributed by atoms with Crippen molar-refractivity contribution in [2.45, 2.75) is 6.42 Å². The number of nitrogens with two attached hydrogens (primary N) is 1. The van der Waals surface area contributed by atoms with E-state index in [0.29, 0.717) is 6.42 Å². The summed E-state index contributed by atoms with van der Waals surface area (Å²) < 4.78 is 20.8. The van der Waals surface area contributed by atoms with Gasteiger partial charge in [-0.25, -0.2) is 13.6 Å². The van der Waals surface area contributed by atoms with E-state index in [0.717, 1.165) is 0 Å². The molecule has 0 aliphatic heterocycles. The van der Waals surface area contributed by atoms with Gasteiger partial charge in [0.1, 0.15) is 0 Å². The van der Waals surface area contributed by atoms with E-state index in [1.165, 1.54) is 0 Å². The average molecular weight is 160 g/mol. The molecule has 0 aromatic rings. The van der Waals surface area contributed by atoms with E-state index in [9.17, 15) is 8.42 Å². The first-order chi connectivity index (χ1) is 4.53. The van der Waals surface area contributed by atoms with Gasteiger partial charge in [-0.3, -0.25) is 0 Å². The van der Waals surface area contributed by atoms with Crippen molar-refractivity contribution in [3.63, 3.8) is 0 Å². The van der Waals surface area contributed by atoms with Crippen molar-refractivity contribution in [2.75, 3.05) is 5.75 Å². The minimum Gasteiger partial charge on any atom is -0.229 e. The van der Waals surface area contributed by atoms with E-state index in [4.69, 9.17) is 10.4 Å². The topological polar surface area (TPSA) is 83.9 Å². The lowest BCUT2D eigenvalue weighted by Crippen LogP contribution is -2.18. The molecule has 1 saturated carbocycles. The number of primary sulfonamides is 1. The molecule has 0 bridgehead atoms. The van der Waals surface area contributed by atoms with E-state index >= 15 is 0 Å². The van der Waals surface area contributed by atoms with Crippen LogP contribution in [0.1, 0.15) is 6.42 Å². The zero-order valence-corrected chi connectivity index (χ0v) is 6.13. The quantitative estimate of drug-likeness (QED) is 0.587. The molecule has 5 heteroatoms. The Bertz CT molecular complexity index is 264. The number of nitriles is 1. The predicted octanol–water partition coefficient (Wildman–Crippen LogP) is -0.565. The fourth-order valence-corrected chi connectivity index (χ4v) is 1.85. The van der Waals surface area contributed by atoms with Crippen LogP contribution < -0.4 is 5.14 Å². The highest BCUT2D eigenvalue weighted by Gasteiger charge is 2.39. The van der Waals surface area contributed by atoms with Crippen LogP contribution in [0, 0.1) is 23.2 Å². The van der Waals surface area contributed by atoms with Crippen molar-refractivity contribution in [3.8, 4) is 6.07 Å². The Morgan fingerprint density at radius 1 is 1.70 bits per heavy atom. The number of hydrogen-bond acceptors (Lipinski definition) is 3. The second-order valence-corrected chi connectivity index (χ2v) is 4.22. The summed E-state index contributed by atoms with van der Waals surface area (Å²) in [6.07, 6.45) is 0.687. The highest BCUT2D eigenvalue weighted by Crippen LogP contribution is 2.38. The summed E-state index contributed by atoms with van der Waals surface area (Å²) in [6.45, 7) is 0. The maximum Gasteiger partial charge on any atom is 0.209 e. The fraction of sp³-hybridized carbons (Fsp3) is 0.800. The van der Waals surface area contributed by atoms with Gasteiger partial charge in [-0.05, 0) is 12.3 Å². The Labute approximate surface area is 59.7 Å². The maximum absolute atomic E-state index is 10.4. The van der Waals surface area contributed by atoms with Crippen LogP contribution in [-0.4, -0.2) is 14.2 Å². The lowest BCUT2D eigenvalue weighted by atomic mass is 10.4. The average Bonchev–Trinajstić information content (AvgIpc) is 2.42. The van der Waals surface area contributed by atoms with Gasteiger partial charge in [-0.2, -0.15) is 5.26 Å². The van der Waals surface area contributed by atoms with Gasteiger partial charge < -0.3 is 0 Å². The first-order valence-corrected chi connectivity index (χ1v) is 4.64. The molecule has 2 N–H and O–H groups in total. The third-order valence-corrected chi connectivity index (χ3v) is 2.43. The molecule has 0 unspecified atom stereocenters. The van der Waals surface area contributed by atoms with Crippen LogP contribution in [0.15, 0.2) is 0 Å². The molecule has 1 rings (SSSR count). The third-order valence-electron chi connectivity index (χ3n) is 1.53. The summed E-state index contributed by atoms with van der Waals surface area (Å²) in [6, 6.07) is 1.99. The Morgan fingerprint density at radius 3 is 2.60 bits per heavy atom. The first kappa shape index (κ1) is 7.51. The number of sulfonamides is 1. The van der Waals surface area contributed by atoms with Crippen molar-refractivity contribution in [1.29, 1.82) is 5.26 Å². The number of rotatable bonds is 2. The Balaban J connectivity index is 2.40. The lowest BCUT2D eigenvalue weighted by molar-refractivity contribution is 0.593. The Morgan fingerprint density at radius 2 is 2.30 bits per heavy atom. The summed E-state index contributed by atoms with van der Waals surface area (Å²) in [4.78, 5) is 0. The van der Waals surface area contributed by atoms with Gasteiger partial charge in [-0.1, -0.05) is 0 Å². The zero-order chi connectivity index (χ0) is 7.78. The molecule has 0 saturated heterocycles. The van der Waals surface area contributed by atoms with Crippen LogP contribution in [0.25, 0.3) is 0 Å². The van der Waals surface area contributed by atoms with E-state index in [2.05, 4.69) is 0 Å². The van der Waals surface area contributed by atoms with E-state index in [1.807, 2.05) is 6.07 Å². The van der Waals surface area contributed by atoms with Gasteiger partial charge in [0.05, 0.1) is 17.7 Å². The smallest absolute Gasteiger partial charge is 0.209 e. The molecule has 0 heterocycles. The van der Waals surface area contributed by atoms with Crippen LogP contribution in [-0.2, 0) is 10.0 Å². The van der Waals surface area contributed by atoms with Gasteiger partial charge in [0.2, 0.25) is 10.0 Å². The van der Waals surface area contributed by atoms with Crippen molar-refractivity contribution < 1.29 is 8.42 Å². The standard InChI is InChI=1S/C5H8N2O2S/c6-2-4-1-5(4)3-10(7,8)9/h4-5H,1,3H2,(H2,7,8,9)/t4-,5+/m1/s1. The van der Waals surface area contributed by atoms with Crippen LogP contribution in [0.4, 0.5) is 0 Å². The molecular formula is C5H8N2O2S. The molecule has 0 amide bonds.